The Morgan fingerprint density at radius 3 is 1.57 bits per heavy atom. The smallest absolute Gasteiger partial charge is 0.230 e. The first kappa shape index (κ1) is 31.3. The Morgan fingerprint density at radius 1 is 0.614 bits per heavy atom. The third-order valence-corrected chi connectivity index (χ3v) is 8.52. The van der Waals surface area contributed by atoms with Crippen LogP contribution in [0.5, 0.6) is 11.5 Å². The van der Waals surface area contributed by atoms with Gasteiger partial charge in [0.1, 0.15) is 21.5 Å². The van der Waals surface area contributed by atoms with E-state index in [1.54, 1.807) is 0 Å². The molecule has 0 aliphatic carbocycles. The molecule has 0 saturated heterocycles. The van der Waals surface area contributed by atoms with Crippen molar-refractivity contribution in [2.24, 2.45) is 0 Å². The number of fused-ring (bicyclic) bond motifs is 8. The van der Waals surface area contributed by atoms with Crippen molar-refractivity contribution in [3.63, 3.8) is 0 Å². The molecule has 2 aromatic heterocycles. The molecule has 2 amide bonds. The number of anilines is 2. The Balaban J connectivity index is 1.18. The number of aromatic nitrogens is 4. The van der Waals surface area contributed by atoms with Crippen LogP contribution in [0.2, 0.25) is 0 Å². The minimum Gasteiger partial charge on any atom is -0.494 e. The number of benzene rings is 2. The van der Waals surface area contributed by atoms with Crippen molar-refractivity contribution in [2.45, 2.75) is 64.2 Å². The van der Waals surface area contributed by atoms with E-state index in [1.165, 1.54) is 22.7 Å². The van der Waals surface area contributed by atoms with Gasteiger partial charge in [0.2, 0.25) is 22.1 Å². The van der Waals surface area contributed by atoms with Crippen LogP contribution < -0.4 is 20.1 Å². The maximum Gasteiger partial charge on any atom is 0.230 e. The zero-order valence-electron chi connectivity index (χ0n) is 24.5. The lowest BCUT2D eigenvalue weighted by atomic mass is 10.1. The van der Waals surface area contributed by atoms with E-state index in [0.717, 1.165) is 84.0 Å². The van der Waals surface area contributed by atoms with Gasteiger partial charge in [-0.15, -0.1) is 20.4 Å². The van der Waals surface area contributed by atoms with Crippen molar-refractivity contribution < 1.29 is 19.1 Å². The summed E-state index contributed by atoms with van der Waals surface area (Å²) in [6, 6.07) is 15.3. The molecule has 10 nitrogen and oxygen atoms in total. The molecule has 0 spiro atoms. The molecule has 2 N–H and O–H groups in total. The first-order valence-corrected chi connectivity index (χ1v) is 16.6. The Bertz CT molecular complexity index is 1440. The van der Waals surface area contributed by atoms with Gasteiger partial charge in [-0.2, -0.15) is 0 Å². The number of amides is 2. The highest BCUT2D eigenvalue weighted by Gasteiger charge is 2.12. The maximum atomic E-state index is 12.6. The third kappa shape index (κ3) is 10.5. The van der Waals surface area contributed by atoms with E-state index in [0.29, 0.717) is 23.5 Å². The fraction of sp³-hybridized carbons (Fsp3) is 0.375. The van der Waals surface area contributed by atoms with Crippen LogP contribution in [-0.2, 0) is 35.3 Å². The summed E-state index contributed by atoms with van der Waals surface area (Å²) in [5, 5.41) is 25.2. The van der Waals surface area contributed by atoms with Crippen LogP contribution >= 0.6 is 22.7 Å². The number of aryl methyl sites for hydroxylation is 2. The Morgan fingerprint density at radius 2 is 1.09 bits per heavy atom. The van der Waals surface area contributed by atoms with Gasteiger partial charge >= 0.3 is 0 Å². The highest BCUT2D eigenvalue weighted by atomic mass is 32.1. The molecular weight excluding hydrogens is 597 g/mol. The molecule has 0 atom stereocenters. The van der Waals surface area contributed by atoms with Gasteiger partial charge in [0.05, 0.1) is 26.1 Å². The molecule has 230 valence electrons. The minimum absolute atomic E-state index is 0.140. The quantitative estimate of drug-likeness (QED) is 0.219. The van der Waals surface area contributed by atoms with Gasteiger partial charge < -0.3 is 20.1 Å². The van der Waals surface area contributed by atoms with E-state index in [-0.39, 0.29) is 24.7 Å². The van der Waals surface area contributed by atoms with Gasteiger partial charge in [0.25, 0.3) is 0 Å². The fourth-order valence-corrected chi connectivity index (χ4v) is 6.16. The van der Waals surface area contributed by atoms with Crippen LogP contribution in [0.1, 0.15) is 59.7 Å². The second-order valence-corrected chi connectivity index (χ2v) is 12.5. The molecule has 0 fully saturated rings. The molecule has 0 radical (unpaired) electrons. The summed E-state index contributed by atoms with van der Waals surface area (Å²) < 4.78 is 11.8. The van der Waals surface area contributed by atoms with Crippen molar-refractivity contribution in [3.8, 4) is 11.5 Å². The van der Waals surface area contributed by atoms with Crippen molar-refractivity contribution in [1.29, 1.82) is 0 Å². The Hall–Kier alpha value is -4.16. The molecule has 2 aromatic carbocycles. The van der Waals surface area contributed by atoms with E-state index >= 15 is 0 Å². The Labute approximate surface area is 264 Å². The molecule has 1 aliphatic heterocycles. The number of ether oxygens (including phenoxy) is 2. The standard InChI is InChI=1S/C32H36N6O4S2/c39-27-21-23-11-9-13-25(19-23)41-17-7-3-1-2-4-8-18-42-26-14-10-12-24(20-26)22-28(40)34-32-38-36-30(44-32)16-6-5-15-29-35-37-31(33-27)43-29/h1-2,9-14,19-20H,3-8,15-18,21-22H2,(H,33,37,39)(H,34,38,40)/b2-1+. The zero-order valence-corrected chi connectivity index (χ0v) is 26.1. The molecule has 3 heterocycles. The number of nitrogens with one attached hydrogen (secondary N) is 2. The van der Waals surface area contributed by atoms with Gasteiger partial charge in [0.15, 0.2) is 0 Å². The van der Waals surface area contributed by atoms with Gasteiger partial charge in [-0.1, -0.05) is 59.1 Å². The van der Waals surface area contributed by atoms with Crippen LogP contribution in [0.25, 0.3) is 0 Å². The topological polar surface area (TPSA) is 128 Å². The predicted octanol–water partition coefficient (Wildman–Crippen LogP) is 6.21. The second kappa shape index (κ2) is 16.6. The molecule has 4 aromatic rings. The number of rotatable bonds is 0. The number of hydrogen-bond donors (Lipinski definition) is 2. The van der Waals surface area contributed by atoms with E-state index in [9.17, 15) is 9.59 Å². The highest BCUT2D eigenvalue weighted by molar-refractivity contribution is 7.15. The number of carbonyl (C=O) groups excluding carboxylic acids is 2. The lowest BCUT2D eigenvalue weighted by molar-refractivity contribution is -0.116. The lowest BCUT2D eigenvalue weighted by Crippen LogP contribution is -2.14. The summed E-state index contributed by atoms with van der Waals surface area (Å²) in [5.74, 6) is 1.24. The molecular formula is C32H36N6O4S2. The van der Waals surface area contributed by atoms with Gasteiger partial charge in [-0.25, -0.2) is 0 Å². The summed E-state index contributed by atoms with van der Waals surface area (Å²) in [6.45, 7) is 1.21. The van der Waals surface area contributed by atoms with E-state index < -0.39 is 0 Å². The molecule has 44 heavy (non-hydrogen) atoms. The van der Waals surface area contributed by atoms with Crippen LogP contribution in [0.15, 0.2) is 60.7 Å². The van der Waals surface area contributed by atoms with Crippen molar-refractivity contribution in [2.75, 3.05) is 23.8 Å². The average molecular weight is 633 g/mol. The first-order chi connectivity index (χ1) is 21.6. The van der Waals surface area contributed by atoms with Gasteiger partial charge in [-0.3, -0.25) is 9.59 Å². The van der Waals surface area contributed by atoms with E-state index in [2.05, 4.69) is 43.2 Å². The summed E-state index contributed by atoms with van der Waals surface area (Å²) in [7, 11) is 0. The third-order valence-electron chi connectivity index (χ3n) is 6.72. The summed E-state index contributed by atoms with van der Waals surface area (Å²) in [6.07, 6.45) is 11.8. The molecule has 5 rings (SSSR count). The Kier molecular flexibility index (Phi) is 11.8. The van der Waals surface area contributed by atoms with Gasteiger partial charge in [-0.05, 0) is 73.9 Å². The molecule has 8 bridgehead atoms. The van der Waals surface area contributed by atoms with E-state index in [4.69, 9.17) is 9.47 Å². The fourth-order valence-electron chi connectivity index (χ4n) is 4.57. The number of hydrogen-bond acceptors (Lipinski definition) is 10. The summed E-state index contributed by atoms with van der Waals surface area (Å²) >= 11 is 2.79. The maximum absolute atomic E-state index is 12.6. The lowest BCUT2D eigenvalue weighted by Gasteiger charge is -2.08. The largest absolute Gasteiger partial charge is 0.494 e. The van der Waals surface area contributed by atoms with Crippen LogP contribution in [0, 0.1) is 0 Å². The number of nitrogens with zero attached hydrogens (tertiary/aromatic N) is 4. The highest BCUT2D eigenvalue weighted by Crippen LogP contribution is 2.22. The van der Waals surface area contributed by atoms with Crippen LogP contribution in [-0.4, -0.2) is 45.4 Å². The number of carbonyl (C=O) groups is 2. The van der Waals surface area contributed by atoms with Gasteiger partial charge in [0, 0.05) is 12.8 Å². The number of allylic oxidation sites excluding steroid dienone is 2. The normalized spacial score (nSPS) is 17.0. The molecule has 0 unspecified atom stereocenters. The van der Waals surface area contributed by atoms with E-state index in [1.807, 2.05) is 48.5 Å². The van der Waals surface area contributed by atoms with Crippen molar-refractivity contribution >= 4 is 44.8 Å². The summed E-state index contributed by atoms with van der Waals surface area (Å²) in [5.41, 5.74) is 1.76. The van der Waals surface area contributed by atoms with Crippen LogP contribution in [0.4, 0.5) is 10.3 Å². The predicted molar refractivity (Wildman–Crippen MR) is 173 cm³/mol. The second-order valence-electron chi connectivity index (χ2n) is 10.4. The first-order valence-electron chi connectivity index (χ1n) is 14.9. The molecule has 12 heteroatoms. The molecule has 0 saturated carbocycles. The minimum atomic E-state index is -0.140. The SMILES string of the molecule is O=C1Cc2cccc(c2)OCCC/C=C/CCCOc2cccc(c2)CC(=O)Nc2nnc(s2)CCCCc2nnc(s2)N1. The average Bonchev–Trinajstić information content (AvgIpc) is 3.65. The monoisotopic (exact) mass is 632 g/mol. The van der Waals surface area contributed by atoms with Crippen molar-refractivity contribution in [1.82, 2.24) is 20.4 Å². The molecule has 1 aliphatic rings. The zero-order chi connectivity index (χ0) is 30.4. The van der Waals surface area contributed by atoms with Crippen molar-refractivity contribution in [3.05, 3.63) is 81.8 Å². The summed E-state index contributed by atoms with van der Waals surface area (Å²) in [4.78, 5) is 25.3. The van der Waals surface area contributed by atoms with Crippen LogP contribution in [0.3, 0.4) is 0 Å².